The largest absolute Gasteiger partial charge is 0.449 e. The molecule has 4 aliphatic carbocycles. The summed E-state index contributed by atoms with van der Waals surface area (Å²) >= 11 is 0. The van der Waals surface area contributed by atoms with E-state index in [9.17, 15) is 14.4 Å². The molecule has 7 nitrogen and oxygen atoms in total. The third kappa shape index (κ3) is 3.15. The van der Waals surface area contributed by atoms with E-state index in [0.717, 1.165) is 25.7 Å². The van der Waals surface area contributed by atoms with Gasteiger partial charge in [-0.05, 0) is 80.8 Å². The van der Waals surface area contributed by atoms with Gasteiger partial charge in [0.25, 0.3) is 0 Å². The van der Waals surface area contributed by atoms with E-state index in [0.29, 0.717) is 24.7 Å². The van der Waals surface area contributed by atoms with Gasteiger partial charge in [0.1, 0.15) is 6.54 Å². The third-order valence-electron chi connectivity index (χ3n) is 9.20. The zero-order valence-corrected chi connectivity index (χ0v) is 19.6. The molecule has 174 valence electrons. The summed E-state index contributed by atoms with van der Waals surface area (Å²) in [5, 5.41) is 0. The van der Waals surface area contributed by atoms with Crippen LogP contribution in [0.3, 0.4) is 0 Å². The van der Waals surface area contributed by atoms with Crippen molar-refractivity contribution in [1.82, 2.24) is 0 Å². The molecular formula is C25H35N3O4. The van der Waals surface area contributed by atoms with Gasteiger partial charge in [0, 0.05) is 11.8 Å². The van der Waals surface area contributed by atoms with Crippen LogP contribution in [0.15, 0.2) is 28.3 Å². The number of guanidine groups is 1. The lowest BCUT2D eigenvalue weighted by atomic mass is 9.47. The van der Waals surface area contributed by atoms with Crippen LogP contribution in [0.4, 0.5) is 0 Å². The molecule has 32 heavy (non-hydrogen) atoms. The Hall–Kier alpha value is -2.44. The molecule has 0 aromatic carbocycles. The second-order valence-corrected chi connectivity index (χ2v) is 10.7. The predicted molar refractivity (Wildman–Crippen MR) is 121 cm³/mol. The van der Waals surface area contributed by atoms with Gasteiger partial charge in [0.2, 0.25) is 0 Å². The Labute approximate surface area is 189 Å². The third-order valence-corrected chi connectivity index (χ3v) is 9.20. The molecule has 0 saturated heterocycles. The lowest BCUT2D eigenvalue weighted by molar-refractivity contribution is -0.185. The summed E-state index contributed by atoms with van der Waals surface area (Å²) in [6.45, 7) is 7.78. The number of esters is 1. The number of allylic oxidation sites excluding steroid dienone is 4. The van der Waals surface area contributed by atoms with Gasteiger partial charge in [-0.1, -0.05) is 25.5 Å². The molecule has 6 unspecified atom stereocenters. The minimum atomic E-state index is -1.15. The number of ether oxygens (including phenoxy) is 1. The zero-order chi connectivity index (χ0) is 23.5. The second-order valence-electron chi connectivity index (χ2n) is 10.7. The number of nitrogens with zero attached hydrogens (tertiary/aromatic N) is 1. The Morgan fingerprint density at radius 3 is 2.50 bits per heavy atom. The van der Waals surface area contributed by atoms with Gasteiger partial charge < -0.3 is 16.2 Å². The molecule has 0 aromatic heterocycles. The van der Waals surface area contributed by atoms with Crippen LogP contribution in [0.1, 0.15) is 66.2 Å². The van der Waals surface area contributed by atoms with E-state index in [2.05, 4.69) is 31.8 Å². The highest BCUT2D eigenvalue weighted by molar-refractivity contribution is 5.93. The summed E-state index contributed by atoms with van der Waals surface area (Å²) in [7, 11) is 0. The summed E-state index contributed by atoms with van der Waals surface area (Å²) in [5.41, 5.74) is 11.5. The monoisotopic (exact) mass is 441 g/mol. The van der Waals surface area contributed by atoms with Crippen molar-refractivity contribution in [1.29, 1.82) is 0 Å². The maximum absolute atomic E-state index is 13.0. The van der Waals surface area contributed by atoms with Crippen molar-refractivity contribution in [3.05, 3.63) is 23.3 Å². The van der Waals surface area contributed by atoms with Gasteiger partial charge >= 0.3 is 5.97 Å². The number of fused-ring (bicyclic) bond motifs is 5. The van der Waals surface area contributed by atoms with Crippen LogP contribution in [-0.4, -0.2) is 35.6 Å². The first-order valence-electron chi connectivity index (χ1n) is 11.7. The van der Waals surface area contributed by atoms with Crippen molar-refractivity contribution in [3.63, 3.8) is 0 Å². The maximum atomic E-state index is 13.0. The second kappa shape index (κ2) is 7.56. The molecule has 0 aliphatic heterocycles. The molecule has 0 radical (unpaired) electrons. The summed E-state index contributed by atoms with van der Waals surface area (Å²) in [6.07, 6.45) is 8.74. The summed E-state index contributed by atoms with van der Waals surface area (Å²) in [4.78, 5) is 41.5. The van der Waals surface area contributed by atoms with Crippen LogP contribution < -0.4 is 11.5 Å². The van der Waals surface area contributed by atoms with Crippen molar-refractivity contribution in [2.75, 3.05) is 6.54 Å². The Balaban J connectivity index is 1.70. The fraction of sp³-hybridized carbons (Fsp3) is 0.680. The van der Waals surface area contributed by atoms with Gasteiger partial charge in [0.15, 0.2) is 23.1 Å². The van der Waals surface area contributed by atoms with Crippen LogP contribution in [0, 0.1) is 28.6 Å². The minimum Gasteiger partial charge on any atom is -0.449 e. The van der Waals surface area contributed by atoms with Gasteiger partial charge in [-0.15, -0.1) is 0 Å². The highest BCUT2D eigenvalue weighted by Gasteiger charge is 2.67. The van der Waals surface area contributed by atoms with E-state index in [1.165, 1.54) is 18.1 Å². The van der Waals surface area contributed by atoms with E-state index >= 15 is 0 Å². The molecule has 4 aliphatic rings. The van der Waals surface area contributed by atoms with Crippen LogP contribution in [-0.2, 0) is 19.1 Å². The van der Waals surface area contributed by atoms with Crippen LogP contribution >= 0.6 is 0 Å². The smallest absolute Gasteiger partial charge is 0.328 e. The van der Waals surface area contributed by atoms with Gasteiger partial charge in [-0.25, -0.2) is 4.99 Å². The standard InChI is InChI=1S/C25H35N3O4/c1-14-11-17-18(23(3)8-5-16(30)12-20(14)23)6-9-24(4)19(17)7-10-25(24,15(2)29)32-21(31)13-28-22(26)27/h11-12,17-19H,5-10,13H2,1-4H3,(H4,26,27,28). The molecule has 0 spiro atoms. The van der Waals surface area contributed by atoms with Crippen LogP contribution in [0.2, 0.25) is 0 Å². The molecule has 4 N–H and O–H groups in total. The van der Waals surface area contributed by atoms with Crippen molar-refractivity contribution in [2.45, 2.75) is 71.8 Å². The summed E-state index contributed by atoms with van der Waals surface area (Å²) in [5.74, 6) is 0.299. The van der Waals surface area contributed by atoms with Crippen molar-refractivity contribution >= 4 is 23.5 Å². The first kappa shape index (κ1) is 22.7. The van der Waals surface area contributed by atoms with Crippen molar-refractivity contribution < 1.29 is 19.1 Å². The van der Waals surface area contributed by atoms with Crippen LogP contribution in [0.5, 0.6) is 0 Å². The van der Waals surface area contributed by atoms with Crippen LogP contribution in [0.25, 0.3) is 0 Å². The molecular weight excluding hydrogens is 406 g/mol. The fourth-order valence-corrected chi connectivity index (χ4v) is 7.61. The molecule has 0 amide bonds. The first-order chi connectivity index (χ1) is 14.9. The predicted octanol–water partition coefficient (Wildman–Crippen LogP) is 2.83. The lowest BCUT2D eigenvalue weighted by Crippen LogP contribution is -2.58. The number of carbonyl (C=O) groups excluding carboxylic acids is 3. The molecule has 0 heterocycles. The highest BCUT2D eigenvalue weighted by atomic mass is 16.6. The quantitative estimate of drug-likeness (QED) is 0.393. The number of rotatable bonds is 4. The molecule has 0 bridgehead atoms. The average molecular weight is 442 g/mol. The SMILES string of the molecule is CC(=O)C1(OC(=O)CN=C(N)N)CCC2C3C=C(C)C4=CC(=O)CCC4(C)C3CCC21C. The van der Waals surface area contributed by atoms with E-state index in [4.69, 9.17) is 16.2 Å². The number of carbonyl (C=O) groups is 3. The number of ketones is 2. The number of hydrogen-bond donors (Lipinski definition) is 2. The zero-order valence-electron chi connectivity index (χ0n) is 19.6. The van der Waals surface area contributed by atoms with E-state index in [1.54, 1.807) is 0 Å². The fourth-order valence-electron chi connectivity index (χ4n) is 7.61. The number of Topliss-reactive ketones (excluding diaryl/α,β-unsaturated/α-hetero) is 1. The first-order valence-corrected chi connectivity index (χ1v) is 11.7. The summed E-state index contributed by atoms with van der Waals surface area (Å²) < 4.78 is 5.95. The Bertz CT molecular complexity index is 962. The van der Waals surface area contributed by atoms with Gasteiger partial charge in [0.05, 0.1) is 0 Å². The molecule has 2 saturated carbocycles. The Kier molecular flexibility index (Phi) is 5.37. The minimum absolute atomic E-state index is 0.0236. The number of aliphatic imine (C=N–C) groups is 1. The molecule has 4 rings (SSSR count). The number of nitrogens with two attached hydrogens (primary N) is 2. The normalized spacial score (nSPS) is 40.2. The molecule has 7 heteroatoms. The Morgan fingerprint density at radius 2 is 1.84 bits per heavy atom. The molecule has 0 aromatic rings. The van der Waals surface area contributed by atoms with E-state index in [-0.39, 0.29) is 35.4 Å². The molecule has 2 fully saturated rings. The van der Waals surface area contributed by atoms with Gasteiger partial charge in [-0.2, -0.15) is 0 Å². The van der Waals surface area contributed by atoms with E-state index in [1.807, 2.05) is 6.08 Å². The van der Waals surface area contributed by atoms with Crippen molar-refractivity contribution in [3.8, 4) is 0 Å². The number of hydrogen-bond acceptors (Lipinski definition) is 5. The highest BCUT2D eigenvalue weighted by Crippen LogP contribution is 2.67. The Morgan fingerprint density at radius 1 is 1.16 bits per heavy atom. The maximum Gasteiger partial charge on any atom is 0.328 e. The summed E-state index contributed by atoms with van der Waals surface area (Å²) in [6, 6.07) is 0. The van der Waals surface area contributed by atoms with Crippen molar-refractivity contribution in [2.24, 2.45) is 45.0 Å². The topological polar surface area (TPSA) is 125 Å². The lowest BCUT2D eigenvalue weighted by Gasteiger charge is -2.58. The molecule has 6 atom stereocenters. The van der Waals surface area contributed by atoms with E-state index < -0.39 is 17.0 Å². The average Bonchev–Trinajstić information content (AvgIpc) is 3.01. The van der Waals surface area contributed by atoms with Gasteiger partial charge in [-0.3, -0.25) is 14.4 Å².